The van der Waals surface area contributed by atoms with E-state index in [1.165, 1.54) is 0 Å². The molecule has 1 aliphatic heterocycles. The van der Waals surface area contributed by atoms with Gasteiger partial charge in [-0.3, -0.25) is 14.8 Å². The number of carbonyl (C=O) groups excluding carboxylic acids is 1. The van der Waals surface area contributed by atoms with Crippen molar-refractivity contribution in [2.45, 2.75) is 26.8 Å². The summed E-state index contributed by atoms with van der Waals surface area (Å²) in [5, 5.41) is 6.74. The minimum Gasteiger partial charge on any atom is -0.395 e. The third-order valence-electron chi connectivity index (χ3n) is 3.53. The Hall–Kier alpha value is -1.56. The van der Waals surface area contributed by atoms with Crippen LogP contribution in [0.1, 0.15) is 30.0 Å². The van der Waals surface area contributed by atoms with Crippen LogP contribution in [0.15, 0.2) is 0 Å². The molecule has 3 N–H and O–H groups in total. The van der Waals surface area contributed by atoms with Crippen molar-refractivity contribution >= 4 is 11.6 Å². The molecule has 0 radical (unpaired) electrons. The minimum absolute atomic E-state index is 0.0692. The summed E-state index contributed by atoms with van der Waals surface area (Å²) >= 11 is 0. The van der Waals surface area contributed by atoms with E-state index in [1.54, 1.807) is 0 Å². The average molecular weight is 251 g/mol. The predicted molar refractivity (Wildman–Crippen MR) is 70.3 cm³/mol. The fraction of sp³-hybridized carbons (Fsp3) is 0.667. The van der Waals surface area contributed by atoms with E-state index in [0.29, 0.717) is 17.4 Å². The number of anilines is 1. The molecule has 0 atom stereocenters. The van der Waals surface area contributed by atoms with Gasteiger partial charge in [-0.25, -0.2) is 0 Å². The summed E-state index contributed by atoms with van der Waals surface area (Å²) in [6.45, 7) is 9.46. The summed E-state index contributed by atoms with van der Waals surface area (Å²) in [7, 11) is 0. The number of hydrogen-bond acceptors (Lipinski definition) is 4. The summed E-state index contributed by atoms with van der Waals surface area (Å²) < 4.78 is 0. The first-order chi connectivity index (χ1) is 8.50. The van der Waals surface area contributed by atoms with Crippen LogP contribution in [0.4, 0.5) is 5.69 Å². The van der Waals surface area contributed by atoms with Gasteiger partial charge in [-0.15, -0.1) is 0 Å². The van der Waals surface area contributed by atoms with Crippen LogP contribution in [0, 0.1) is 6.92 Å². The SMILES string of the molecule is Cc1[nH]nc(C(=O)N2CCN(C(C)C)CC2)c1N. The molecule has 1 fully saturated rings. The van der Waals surface area contributed by atoms with Gasteiger partial charge in [0, 0.05) is 32.2 Å². The van der Waals surface area contributed by atoms with Crippen LogP contribution in [0.2, 0.25) is 0 Å². The Morgan fingerprint density at radius 2 is 1.94 bits per heavy atom. The minimum atomic E-state index is -0.0692. The number of nitrogens with one attached hydrogen (secondary N) is 1. The lowest BCUT2D eigenvalue weighted by molar-refractivity contribution is 0.0591. The summed E-state index contributed by atoms with van der Waals surface area (Å²) in [6, 6.07) is 0.528. The van der Waals surface area contributed by atoms with Crippen LogP contribution < -0.4 is 5.73 Å². The van der Waals surface area contributed by atoms with E-state index in [2.05, 4.69) is 28.9 Å². The van der Waals surface area contributed by atoms with E-state index < -0.39 is 0 Å². The molecule has 18 heavy (non-hydrogen) atoms. The maximum atomic E-state index is 12.3. The Kier molecular flexibility index (Phi) is 3.56. The third-order valence-corrected chi connectivity index (χ3v) is 3.53. The van der Waals surface area contributed by atoms with E-state index in [4.69, 9.17) is 5.73 Å². The fourth-order valence-corrected chi connectivity index (χ4v) is 2.19. The van der Waals surface area contributed by atoms with E-state index in [9.17, 15) is 4.79 Å². The van der Waals surface area contributed by atoms with Gasteiger partial charge in [-0.2, -0.15) is 5.10 Å². The highest BCUT2D eigenvalue weighted by Crippen LogP contribution is 2.16. The lowest BCUT2D eigenvalue weighted by Crippen LogP contribution is -2.50. The zero-order valence-corrected chi connectivity index (χ0v) is 11.2. The van der Waals surface area contributed by atoms with Crippen LogP contribution >= 0.6 is 0 Å². The molecule has 0 aromatic carbocycles. The molecular weight excluding hydrogens is 230 g/mol. The number of H-pyrrole nitrogens is 1. The highest BCUT2D eigenvalue weighted by atomic mass is 16.2. The Bertz CT molecular complexity index is 432. The van der Waals surface area contributed by atoms with Gasteiger partial charge in [0.2, 0.25) is 0 Å². The summed E-state index contributed by atoms with van der Waals surface area (Å²) in [6.07, 6.45) is 0. The predicted octanol–water partition coefficient (Wildman–Crippen LogP) is 0.467. The van der Waals surface area contributed by atoms with Crippen molar-refractivity contribution in [3.05, 3.63) is 11.4 Å². The highest BCUT2D eigenvalue weighted by molar-refractivity contribution is 5.97. The molecule has 6 heteroatoms. The summed E-state index contributed by atoms with van der Waals surface area (Å²) in [4.78, 5) is 16.4. The molecule has 0 aliphatic carbocycles. The van der Waals surface area contributed by atoms with Crippen molar-refractivity contribution in [3.63, 3.8) is 0 Å². The van der Waals surface area contributed by atoms with E-state index in [-0.39, 0.29) is 5.91 Å². The largest absolute Gasteiger partial charge is 0.395 e. The number of aromatic amines is 1. The molecule has 1 saturated heterocycles. The monoisotopic (exact) mass is 251 g/mol. The van der Waals surface area contributed by atoms with E-state index >= 15 is 0 Å². The maximum Gasteiger partial charge on any atom is 0.276 e. The van der Waals surface area contributed by atoms with Crippen LogP contribution in [0.3, 0.4) is 0 Å². The quantitative estimate of drug-likeness (QED) is 0.800. The van der Waals surface area contributed by atoms with Gasteiger partial charge < -0.3 is 10.6 Å². The number of hydrogen-bond donors (Lipinski definition) is 2. The van der Waals surface area contributed by atoms with Crippen LogP contribution in [0.5, 0.6) is 0 Å². The topological polar surface area (TPSA) is 78.2 Å². The molecule has 6 nitrogen and oxygen atoms in total. The Balaban J connectivity index is 2.02. The molecule has 1 amide bonds. The second kappa shape index (κ2) is 4.97. The summed E-state index contributed by atoms with van der Waals surface area (Å²) in [5.74, 6) is -0.0692. The molecule has 0 bridgehead atoms. The smallest absolute Gasteiger partial charge is 0.276 e. The van der Waals surface area contributed by atoms with Crippen molar-refractivity contribution in [2.75, 3.05) is 31.9 Å². The standard InChI is InChI=1S/C12H21N5O/c1-8(2)16-4-6-17(7-5-16)12(18)11-10(13)9(3)14-15-11/h8H,4-7,13H2,1-3H3,(H,14,15). The van der Waals surface area contributed by atoms with Crippen LogP contribution in [-0.4, -0.2) is 58.1 Å². The van der Waals surface area contributed by atoms with E-state index in [0.717, 1.165) is 31.9 Å². The van der Waals surface area contributed by atoms with Gasteiger partial charge >= 0.3 is 0 Å². The zero-order valence-electron chi connectivity index (χ0n) is 11.2. The molecule has 2 heterocycles. The zero-order chi connectivity index (χ0) is 13.3. The average Bonchev–Trinajstić information content (AvgIpc) is 2.69. The number of carbonyl (C=O) groups is 1. The first-order valence-corrected chi connectivity index (χ1v) is 6.34. The second-order valence-electron chi connectivity index (χ2n) is 5.03. The Morgan fingerprint density at radius 1 is 1.33 bits per heavy atom. The molecule has 0 unspecified atom stereocenters. The maximum absolute atomic E-state index is 12.3. The number of nitrogens with zero attached hydrogens (tertiary/aromatic N) is 3. The number of amides is 1. The van der Waals surface area contributed by atoms with Crippen molar-refractivity contribution in [1.82, 2.24) is 20.0 Å². The Morgan fingerprint density at radius 3 is 2.39 bits per heavy atom. The van der Waals surface area contributed by atoms with Gasteiger partial charge in [-0.05, 0) is 20.8 Å². The molecule has 100 valence electrons. The van der Waals surface area contributed by atoms with Crippen LogP contribution in [0.25, 0.3) is 0 Å². The summed E-state index contributed by atoms with van der Waals surface area (Å²) in [5.41, 5.74) is 7.40. The molecular formula is C12H21N5O. The normalized spacial score (nSPS) is 17.4. The van der Waals surface area contributed by atoms with Crippen molar-refractivity contribution in [3.8, 4) is 0 Å². The Labute approximate surface area is 107 Å². The fourth-order valence-electron chi connectivity index (χ4n) is 2.19. The first-order valence-electron chi connectivity index (χ1n) is 6.34. The molecule has 0 spiro atoms. The van der Waals surface area contributed by atoms with Gasteiger partial charge in [0.25, 0.3) is 5.91 Å². The highest BCUT2D eigenvalue weighted by Gasteiger charge is 2.26. The number of nitrogens with two attached hydrogens (primary N) is 1. The lowest BCUT2D eigenvalue weighted by atomic mass is 10.2. The van der Waals surface area contributed by atoms with Crippen molar-refractivity contribution < 1.29 is 4.79 Å². The molecule has 1 aliphatic rings. The van der Waals surface area contributed by atoms with E-state index in [1.807, 2.05) is 11.8 Å². The number of aryl methyl sites for hydroxylation is 1. The van der Waals surface area contributed by atoms with Gasteiger partial charge in [-0.1, -0.05) is 0 Å². The number of aromatic nitrogens is 2. The molecule has 2 rings (SSSR count). The number of nitrogen functional groups attached to an aromatic ring is 1. The second-order valence-corrected chi connectivity index (χ2v) is 5.03. The van der Waals surface area contributed by atoms with Gasteiger partial charge in [0.15, 0.2) is 5.69 Å². The number of rotatable bonds is 2. The van der Waals surface area contributed by atoms with Crippen molar-refractivity contribution in [1.29, 1.82) is 0 Å². The molecule has 1 aromatic rings. The third kappa shape index (κ3) is 2.33. The lowest BCUT2D eigenvalue weighted by Gasteiger charge is -2.36. The van der Waals surface area contributed by atoms with Gasteiger partial charge in [0.05, 0.1) is 11.4 Å². The first kappa shape index (κ1) is 12.9. The molecule has 0 saturated carbocycles. The van der Waals surface area contributed by atoms with Crippen LogP contribution in [-0.2, 0) is 0 Å². The van der Waals surface area contributed by atoms with Crippen molar-refractivity contribution in [2.24, 2.45) is 0 Å². The number of piperazine rings is 1. The van der Waals surface area contributed by atoms with Gasteiger partial charge in [0.1, 0.15) is 0 Å². The molecule has 1 aromatic heterocycles.